The molecule has 0 fully saturated rings. The summed E-state index contributed by atoms with van der Waals surface area (Å²) in [6.07, 6.45) is 7.87. The van der Waals surface area contributed by atoms with Crippen LogP contribution in [0.3, 0.4) is 0 Å². The highest BCUT2D eigenvalue weighted by atomic mass is 35.5. The molecule has 5 rings (SSSR count). The molecule has 3 aromatic heterocycles. The molecule has 46 heavy (non-hydrogen) atoms. The second kappa shape index (κ2) is 16.2. The molecule has 9 heteroatoms. The Hall–Kier alpha value is -4.53. The lowest BCUT2D eigenvalue weighted by molar-refractivity contribution is -0.120. The summed E-state index contributed by atoms with van der Waals surface area (Å²) in [6.45, 7) is 4.99. The number of benzene rings is 2. The number of carbonyl (C=O) groups excluding carboxylic acids is 2. The molecule has 238 valence electrons. The molecule has 0 radical (unpaired) electrons. The number of pyridine rings is 2. The monoisotopic (exact) mass is 637 g/mol. The Morgan fingerprint density at radius 1 is 0.870 bits per heavy atom. The number of fused-ring (bicyclic) bond motifs is 1. The van der Waals surface area contributed by atoms with E-state index in [1.807, 2.05) is 61.8 Å². The van der Waals surface area contributed by atoms with Crippen molar-refractivity contribution in [3.05, 3.63) is 124 Å². The van der Waals surface area contributed by atoms with E-state index >= 15 is 0 Å². The van der Waals surface area contributed by atoms with Crippen LogP contribution in [0.5, 0.6) is 5.75 Å². The van der Waals surface area contributed by atoms with Gasteiger partial charge in [0.25, 0.3) is 5.91 Å². The fourth-order valence-corrected chi connectivity index (χ4v) is 5.84. The molecule has 8 nitrogen and oxygen atoms in total. The van der Waals surface area contributed by atoms with Crippen LogP contribution in [0, 0.1) is 6.92 Å². The van der Waals surface area contributed by atoms with Crippen molar-refractivity contribution in [1.82, 2.24) is 24.8 Å². The zero-order chi connectivity index (χ0) is 32.3. The minimum Gasteiger partial charge on any atom is -0.497 e. The number of halogens is 1. The lowest BCUT2D eigenvalue weighted by atomic mass is 10.1. The number of rotatable bonds is 15. The summed E-state index contributed by atoms with van der Waals surface area (Å²) in [7, 11) is 1.61. The first-order valence-electron chi connectivity index (χ1n) is 15.7. The van der Waals surface area contributed by atoms with Crippen LogP contribution in [-0.4, -0.2) is 51.4 Å². The number of hydrogen-bond acceptors (Lipinski definition) is 6. The van der Waals surface area contributed by atoms with E-state index in [9.17, 15) is 9.59 Å². The molecule has 0 bridgehead atoms. The van der Waals surface area contributed by atoms with Gasteiger partial charge in [-0.25, -0.2) is 0 Å². The van der Waals surface area contributed by atoms with E-state index in [2.05, 4.69) is 32.3 Å². The number of carbonyl (C=O) groups is 2. The molecule has 0 aliphatic heterocycles. The van der Waals surface area contributed by atoms with Gasteiger partial charge < -0.3 is 10.1 Å². The fourth-order valence-electron chi connectivity index (χ4n) is 5.72. The zero-order valence-corrected chi connectivity index (χ0v) is 27.2. The number of aromatic nitrogens is 3. The summed E-state index contributed by atoms with van der Waals surface area (Å²) in [5, 5.41) is 4.48. The number of nitrogens with one attached hydrogen (secondary N) is 1. The molecule has 2 aromatic carbocycles. The minimum absolute atomic E-state index is 0.0687. The average Bonchev–Trinajstić information content (AvgIpc) is 3.34. The average molecular weight is 638 g/mol. The third-order valence-corrected chi connectivity index (χ3v) is 8.37. The molecule has 0 unspecified atom stereocenters. The Kier molecular flexibility index (Phi) is 11.5. The van der Waals surface area contributed by atoms with Gasteiger partial charge in [-0.05, 0) is 98.6 Å². The van der Waals surface area contributed by atoms with Crippen LogP contribution in [0.1, 0.15) is 58.7 Å². The van der Waals surface area contributed by atoms with Crippen LogP contribution < -0.4 is 10.1 Å². The van der Waals surface area contributed by atoms with Gasteiger partial charge in [0, 0.05) is 53.7 Å². The number of nitrogens with zero attached hydrogens (tertiary/aromatic N) is 4. The second-order valence-corrected chi connectivity index (χ2v) is 11.8. The summed E-state index contributed by atoms with van der Waals surface area (Å²) in [4.78, 5) is 38.0. The first kappa shape index (κ1) is 32.9. The summed E-state index contributed by atoms with van der Waals surface area (Å²) in [5.74, 6) is 0.430. The second-order valence-electron chi connectivity index (χ2n) is 11.4. The quantitative estimate of drug-likeness (QED) is 0.124. The van der Waals surface area contributed by atoms with Crippen LogP contribution in [0.25, 0.3) is 10.9 Å². The first-order valence-corrected chi connectivity index (χ1v) is 16.1. The van der Waals surface area contributed by atoms with Crippen molar-refractivity contribution < 1.29 is 14.3 Å². The van der Waals surface area contributed by atoms with Crippen molar-refractivity contribution >= 4 is 34.3 Å². The van der Waals surface area contributed by atoms with Crippen molar-refractivity contribution in [3.8, 4) is 5.75 Å². The molecule has 0 spiro atoms. The molecule has 0 atom stereocenters. The van der Waals surface area contributed by atoms with Crippen molar-refractivity contribution in [2.75, 3.05) is 20.2 Å². The van der Waals surface area contributed by atoms with Crippen molar-refractivity contribution in [1.29, 1.82) is 0 Å². The minimum atomic E-state index is -0.172. The summed E-state index contributed by atoms with van der Waals surface area (Å²) in [6, 6.07) is 24.4. The van der Waals surface area contributed by atoms with E-state index in [0.29, 0.717) is 22.9 Å². The van der Waals surface area contributed by atoms with Crippen molar-refractivity contribution in [3.63, 3.8) is 0 Å². The van der Waals surface area contributed by atoms with E-state index in [-0.39, 0.29) is 18.2 Å². The predicted octanol–water partition coefficient (Wildman–Crippen LogP) is 7.01. The van der Waals surface area contributed by atoms with E-state index in [1.165, 1.54) is 0 Å². The maximum Gasteiger partial charge on any atom is 0.262 e. The van der Waals surface area contributed by atoms with E-state index < -0.39 is 0 Å². The van der Waals surface area contributed by atoms with Gasteiger partial charge in [0.15, 0.2) is 0 Å². The molecular weight excluding hydrogens is 598 g/mol. The van der Waals surface area contributed by atoms with E-state index in [0.717, 1.165) is 78.9 Å². The maximum absolute atomic E-state index is 13.5. The largest absolute Gasteiger partial charge is 0.497 e. The van der Waals surface area contributed by atoms with E-state index in [4.69, 9.17) is 16.3 Å². The molecule has 3 heterocycles. The summed E-state index contributed by atoms with van der Waals surface area (Å²) in [5.41, 5.74) is 4.91. The molecular formula is C37H40ClN5O3. The number of methoxy groups -OCH3 is 1. The standard InChI is InChI=1S/C37H40ClN5O3/c1-27-33(34-23-32(46-2)17-18-35(34)43(27)37(45)28-13-15-29(38)16-14-28)24-36(44)41-21-7-3-4-10-22-42(25-30-11-5-8-19-39-30)26-31-12-6-9-20-40-31/h5-6,8-9,11-20,23H,3-4,7,10,21-22,24-26H2,1-2H3,(H,41,44). The third kappa shape index (κ3) is 8.59. The molecule has 0 aliphatic carbocycles. The maximum atomic E-state index is 13.5. The molecule has 0 aliphatic rings. The molecule has 1 amide bonds. The number of amides is 1. The Labute approximate surface area is 275 Å². The van der Waals surface area contributed by atoms with Gasteiger partial charge in [-0.1, -0.05) is 36.6 Å². The normalized spacial score (nSPS) is 11.2. The SMILES string of the molecule is COc1ccc2c(c1)c(CC(=O)NCCCCCCN(Cc1ccccn1)Cc1ccccn1)c(C)n2C(=O)c1ccc(Cl)cc1. The first-order chi connectivity index (χ1) is 22.4. The predicted molar refractivity (Wildman–Crippen MR) is 182 cm³/mol. The van der Waals surface area contributed by atoms with Crippen LogP contribution in [0.2, 0.25) is 5.02 Å². The highest BCUT2D eigenvalue weighted by Crippen LogP contribution is 2.31. The van der Waals surface area contributed by atoms with Crippen LogP contribution in [-0.2, 0) is 24.3 Å². The highest BCUT2D eigenvalue weighted by Gasteiger charge is 2.22. The van der Waals surface area contributed by atoms with Crippen LogP contribution >= 0.6 is 11.6 Å². The van der Waals surface area contributed by atoms with Crippen LogP contribution in [0.4, 0.5) is 0 Å². The lowest BCUT2D eigenvalue weighted by Gasteiger charge is -2.21. The van der Waals surface area contributed by atoms with Gasteiger partial charge in [-0.15, -0.1) is 0 Å². The molecule has 5 aromatic rings. The topological polar surface area (TPSA) is 89.3 Å². The van der Waals surface area contributed by atoms with Crippen molar-refractivity contribution in [2.45, 2.75) is 52.1 Å². The smallest absolute Gasteiger partial charge is 0.262 e. The Balaban J connectivity index is 1.14. The number of hydrogen-bond donors (Lipinski definition) is 1. The van der Waals surface area contributed by atoms with E-state index in [1.54, 1.807) is 35.9 Å². The summed E-state index contributed by atoms with van der Waals surface area (Å²) < 4.78 is 7.13. The third-order valence-electron chi connectivity index (χ3n) is 8.12. The number of unbranched alkanes of at least 4 members (excludes halogenated alkanes) is 3. The van der Waals surface area contributed by atoms with Gasteiger partial charge in [-0.3, -0.25) is 29.0 Å². The summed E-state index contributed by atoms with van der Waals surface area (Å²) >= 11 is 6.04. The molecule has 0 saturated carbocycles. The van der Waals surface area contributed by atoms with Gasteiger partial charge in [0.1, 0.15) is 5.75 Å². The van der Waals surface area contributed by atoms with Gasteiger partial charge in [-0.2, -0.15) is 0 Å². The van der Waals surface area contributed by atoms with Gasteiger partial charge in [0.05, 0.1) is 30.4 Å². The Bertz CT molecular complexity index is 1700. The lowest BCUT2D eigenvalue weighted by Crippen LogP contribution is -2.26. The molecule has 0 saturated heterocycles. The highest BCUT2D eigenvalue weighted by molar-refractivity contribution is 6.30. The van der Waals surface area contributed by atoms with Gasteiger partial charge in [0.2, 0.25) is 5.91 Å². The Morgan fingerprint density at radius 2 is 1.54 bits per heavy atom. The number of ether oxygens (including phenoxy) is 1. The fraction of sp³-hybridized carbons (Fsp3) is 0.297. The van der Waals surface area contributed by atoms with Gasteiger partial charge >= 0.3 is 0 Å². The van der Waals surface area contributed by atoms with Crippen LogP contribution in [0.15, 0.2) is 91.3 Å². The Morgan fingerprint density at radius 3 is 2.17 bits per heavy atom. The van der Waals surface area contributed by atoms with Crippen molar-refractivity contribution in [2.24, 2.45) is 0 Å². The zero-order valence-electron chi connectivity index (χ0n) is 26.4. The molecule has 1 N–H and O–H groups in total.